The Labute approximate surface area is 139 Å². The third-order valence-corrected chi connectivity index (χ3v) is 4.25. The zero-order valence-electron chi connectivity index (χ0n) is 13.5. The number of fused-ring (bicyclic) bond motifs is 3. The number of aromatic nitrogens is 2. The Hall–Kier alpha value is -3.14. The molecular formula is C20H16N2O2. The van der Waals surface area contributed by atoms with E-state index in [1.807, 2.05) is 72.0 Å². The SMILES string of the molecule is COC(=O)c1c(-c2ccccc2)cc2c(C)nc3ccccc3n12. The average molecular weight is 316 g/mol. The lowest BCUT2D eigenvalue weighted by Gasteiger charge is -2.09. The van der Waals surface area contributed by atoms with Gasteiger partial charge >= 0.3 is 5.97 Å². The Morgan fingerprint density at radius 2 is 1.71 bits per heavy atom. The second-order valence-corrected chi connectivity index (χ2v) is 5.67. The predicted octanol–water partition coefficient (Wildman–Crippen LogP) is 4.25. The maximum absolute atomic E-state index is 12.6. The number of hydrogen-bond donors (Lipinski definition) is 0. The first-order chi connectivity index (χ1) is 11.7. The molecule has 0 unspecified atom stereocenters. The molecule has 0 radical (unpaired) electrons. The Morgan fingerprint density at radius 3 is 2.46 bits per heavy atom. The molecule has 0 aliphatic carbocycles. The van der Waals surface area contributed by atoms with Crippen LogP contribution < -0.4 is 0 Å². The van der Waals surface area contributed by atoms with Crippen LogP contribution >= 0.6 is 0 Å². The summed E-state index contributed by atoms with van der Waals surface area (Å²) < 4.78 is 7.02. The van der Waals surface area contributed by atoms with Crippen LogP contribution in [0.25, 0.3) is 27.7 Å². The molecule has 0 N–H and O–H groups in total. The first-order valence-corrected chi connectivity index (χ1v) is 7.75. The van der Waals surface area contributed by atoms with E-state index in [1.165, 1.54) is 7.11 Å². The summed E-state index contributed by atoms with van der Waals surface area (Å²) in [5, 5.41) is 0. The van der Waals surface area contributed by atoms with E-state index in [1.54, 1.807) is 0 Å². The first-order valence-electron chi connectivity index (χ1n) is 7.75. The second kappa shape index (κ2) is 5.49. The number of methoxy groups -OCH3 is 1. The summed E-state index contributed by atoms with van der Waals surface area (Å²) in [7, 11) is 1.41. The van der Waals surface area contributed by atoms with E-state index in [-0.39, 0.29) is 5.97 Å². The topological polar surface area (TPSA) is 43.6 Å². The van der Waals surface area contributed by atoms with Crippen molar-refractivity contribution in [1.29, 1.82) is 0 Å². The van der Waals surface area contributed by atoms with Crippen molar-refractivity contribution in [3.8, 4) is 11.1 Å². The summed E-state index contributed by atoms with van der Waals surface area (Å²) in [5.41, 5.74) is 5.88. The monoisotopic (exact) mass is 316 g/mol. The van der Waals surface area contributed by atoms with E-state index in [0.717, 1.165) is 33.4 Å². The summed E-state index contributed by atoms with van der Waals surface area (Å²) in [6.45, 7) is 1.96. The highest BCUT2D eigenvalue weighted by Gasteiger charge is 2.22. The standard InChI is InChI=1S/C20H16N2O2/c1-13-18-12-15(14-8-4-3-5-9-14)19(20(23)24-2)22(18)17-11-7-6-10-16(17)21-13/h3-12H,1-2H3. The maximum atomic E-state index is 12.6. The molecule has 2 aromatic heterocycles. The third-order valence-electron chi connectivity index (χ3n) is 4.25. The zero-order valence-corrected chi connectivity index (χ0v) is 13.5. The van der Waals surface area contributed by atoms with E-state index < -0.39 is 0 Å². The fourth-order valence-corrected chi connectivity index (χ4v) is 3.15. The molecule has 0 aliphatic rings. The van der Waals surface area contributed by atoms with Crippen LogP contribution in [-0.2, 0) is 4.74 Å². The van der Waals surface area contributed by atoms with Crippen LogP contribution in [-0.4, -0.2) is 22.5 Å². The molecule has 0 spiro atoms. The van der Waals surface area contributed by atoms with Gasteiger partial charge < -0.3 is 4.74 Å². The molecular weight excluding hydrogens is 300 g/mol. The molecule has 4 heteroatoms. The largest absolute Gasteiger partial charge is 0.464 e. The molecule has 0 amide bonds. The molecule has 2 heterocycles. The summed E-state index contributed by atoms with van der Waals surface area (Å²) >= 11 is 0. The zero-order chi connectivity index (χ0) is 16.7. The molecule has 0 aliphatic heterocycles. The number of carbonyl (C=O) groups excluding carboxylic acids is 1. The molecule has 0 fully saturated rings. The number of carbonyl (C=O) groups is 1. The van der Waals surface area contributed by atoms with Gasteiger partial charge in [0.15, 0.2) is 0 Å². The molecule has 0 atom stereocenters. The van der Waals surface area contributed by atoms with Crippen molar-refractivity contribution in [2.45, 2.75) is 6.92 Å². The van der Waals surface area contributed by atoms with Crippen LogP contribution in [0.2, 0.25) is 0 Å². The Kier molecular flexibility index (Phi) is 3.31. The van der Waals surface area contributed by atoms with Crippen molar-refractivity contribution >= 4 is 22.5 Å². The van der Waals surface area contributed by atoms with Gasteiger partial charge in [0.2, 0.25) is 0 Å². The number of hydrogen-bond acceptors (Lipinski definition) is 3. The molecule has 118 valence electrons. The van der Waals surface area contributed by atoms with Gasteiger partial charge in [-0.2, -0.15) is 0 Å². The van der Waals surface area contributed by atoms with Crippen LogP contribution in [0.5, 0.6) is 0 Å². The van der Waals surface area contributed by atoms with Crippen molar-refractivity contribution in [3.63, 3.8) is 0 Å². The van der Waals surface area contributed by atoms with Gasteiger partial charge in [-0.3, -0.25) is 4.40 Å². The van der Waals surface area contributed by atoms with Crippen LogP contribution in [0.15, 0.2) is 60.7 Å². The van der Waals surface area contributed by atoms with Crippen molar-refractivity contribution < 1.29 is 9.53 Å². The van der Waals surface area contributed by atoms with Crippen molar-refractivity contribution in [2.75, 3.05) is 7.11 Å². The smallest absolute Gasteiger partial charge is 0.355 e. The highest BCUT2D eigenvalue weighted by molar-refractivity contribution is 6.00. The van der Waals surface area contributed by atoms with E-state index in [4.69, 9.17) is 4.74 Å². The number of para-hydroxylation sites is 2. The minimum Gasteiger partial charge on any atom is -0.464 e. The highest BCUT2D eigenvalue weighted by atomic mass is 16.5. The minimum atomic E-state index is -0.357. The first kappa shape index (κ1) is 14.5. The quantitative estimate of drug-likeness (QED) is 0.519. The fourth-order valence-electron chi connectivity index (χ4n) is 3.15. The number of aryl methyl sites for hydroxylation is 1. The van der Waals surface area contributed by atoms with Crippen LogP contribution in [0.4, 0.5) is 0 Å². The van der Waals surface area contributed by atoms with Crippen molar-refractivity contribution in [3.05, 3.63) is 72.1 Å². The van der Waals surface area contributed by atoms with Crippen molar-refractivity contribution in [2.24, 2.45) is 0 Å². The Balaban J connectivity index is 2.20. The predicted molar refractivity (Wildman–Crippen MR) is 94.2 cm³/mol. The number of nitrogens with zero attached hydrogens (tertiary/aromatic N) is 2. The lowest BCUT2D eigenvalue weighted by Crippen LogP contribution is -2.08. The van der Waals surface area contributed by atoms with Gasteiger partial charge in [-0.05, 0) is 30.7 Å². The summed E-state index contributed by atoms with van der Waals surface area (Å²) in [6.07, 6.45) is 0. The van der Waals surface area contributed by atoms with E-state index in [9.17, 15) is 4.79 Å². The van der Waals surface area contributed by atoms with Crippen LogP contribution in [0.1, 0.15) is 16.2 Å². The number of rotatable bonds is 2. The van der Waals surface area contributed by atoms with Gasteiger partial charge in [-0.15, -0.1) is 0 Å². The number of ether oxygens (including phenoxy) is 1. The molecule has 2 aromatic carbocycles. The number of benzene rings is 2. The van der Waals surface area contributed by atoms with E-state index in [2.05, 4.69) is 4.98 Å². The van der Waals surface area contributed by atoms with E-state index in [0.29, 0.717) is 5.69 Å². The Bertz CT molecular complexity index is 1070. The van der Waals surface area contributed by atoms with E-state index >= 15 is 0 Å². The lowest BCUT2D eigenvalue weighted by molar-refractivity contribution is 0.0594. The summed E-state index contributed by atoms with van der Waals surface area (Å²) in [5.74, 6) is -0.357. The minimum absolute atomic E-state index is 0.357. The molecule has 4 aromatic rings. The van der Waals surface area contributed by atoms with Gasteiger partial charge in [-0.1, -0.05) is 42.5 Å². The van der Waals surface area contributed by atoms with Crippen LogP contribution in [0, 0.1) is 6.92 Å². The van der Waals surface area contributed by atoms with Crippen molar-refractivity contribution in [1.82, 2.24) is 9.38 Å². The lowest BCUT2D eigenvalue weighted by atomic mass is 10.1. The molecule has 0 bridgehead atoms. The highest BCUT2D eigenvalue weighted by Crippen LogP contribution is 2.31. The van der Waals surface area contributed by atoms with Gasteiger partial charge in [-0.25, -0.2) is 9.78 Å². The summed E-state index contributed by atoms with van der Waals surface area (Å²) in [6, 6.07) is 19.7. The normalized spacial score (nSPS) is 11.1. The summed E-state index contributed by atoms with van der Waals surface area (Å²) in [4.78, 5) is 17.2. The molecule has 4 nitrogen and oxygen atoms in total. The molecule has 0 saturated heterocycles. The number of esters is 1. The molecule has 24 heavy (non-hydrogen) atoms. The van der Waals surface area contributed by atoms with Gasteiger partial charge in [0, 0.05) is 5.56 Å². The molecule has 4 rings (SSSR count). The van der Waals surface area contributed by atoms with Crippen LogP contribution in [0.3, 0.4) is 0 Å². The molecule has 0 saturated carbocycles. The second-order valence-electron chi connectivity index (χ2n) is 5.67. The third kappa shape index (κ3) is 2.07. The average Bonchev–Trinajstić information content (AvgIpc) is 3.03. The fraction of sp³-hybridized carbons (Fsp3) is 0.100. The van der Waals surface area contributed by atoms with Gasteiger partial charge in [0.05, 0.1) is 29.4 Å². The Morgan fingerprint density at radius 1 is 1.00 bits per heavy atom. The maximum Gasteiger partial charge on any atom is 0.355 e. The van der Waals surface area contributed by atoms with Gasteiger partial charge in [0.25, 0.3) is 0 Å². The van der Waals surface area contributed by atoms with Gasteiger partial charge in [0.1, 0.15) is 5.69 Å².